The minimum absolute atomic E-state index is 0.0166. The van der Waals surface area contributed by atoms with Gasteiger partial charge in [0.2, 0.25) is 0 Å². The molecule has 1 aliphatic carbocycles. The summed E-state index contributed by atoms with van der Waals surface area (Å²) < 4.78 is 4.45. The summed E-state index contributed by atoms with van der Waals surface area (Å²) in [6, 6.07) is 19.0. The first-order valence-electron chi connectivity index (χ1n) is 15.5. The zero-order valence-electron chi connectivity index (χ0n) is 26.2. The number of para-hydroxylation sites is 1. The Morgan fingerprint density at radius 3 is 2.33 bits per heavy atom. The van der Waals surface area contributed by atoms with Crippen molar-refractivity contribution in [3.8, 4) is 16.8 Å². The molecular weight excluding hydrogens is 566 g/mol. The smallest absolute Gasteiger partial charge is 0.335 e. The molecule has 3 heterocycles. The van der Waals surface area contributed by atoms with Crippen molar-refractivity contribution in [1.82, 2.24) is 28.6 Å². The zero-order chi connectivity index (χ0) is 31.8. The largest absolute Gasteiger partial charge is 0.382 e. The van der Waals surface area contributed by atoms with E-state index in [1.54, 1.807) is 24.3 Å². The first kappa shape index (κ1) is 30.2. The lowest BCUT2D eigenvalue weighted by Crippen LogP contribution is -2.42. The summed E-state index contributed by atoms with van der Waals surface area (Å²) in [4.78, 5) is 46.8. The summed E-state index contributed by atoms with van der Waals surface area (Å²) in [5.41, 5.74) is 10.3. The van der Waals surface area contributed by atoms with E-state index in [-0.39, 0.29) is 23.8 Å². The fraction of sp³-hybridized carbons (Fsp3) is 0.343. The highest BCUT2D eigenvalue weighted by atomic mass is 16.2. The van der Waals surface area contributed by atoms with Gasteiger partial charge in [-0.3, -0.25) is 14.2 Å². The standard InChI is InChI=1S/C35H39N7O3/c1-22(2)40-20-29(34(44)41(35(40)45)27-8-6-5-7-9-27)31(43)18-23-10-12-24(13-11-23)28-19-30(42-32(28)33(36)37-21-38-42)25-14-16-26(17-15-25)39(3)4/h5-13,19-22,25-26H,14-18H2,1-4H3,(H2,36,37,38). The Morgan fingerprint density at radius 1 is 1.00 bits per heavy atom. The number of carbonyl (C=O) groups is 1. The predicted octanol–water partition coefficient (Wildman–Crippen LogP) is 4.89. The Balaban J connectivity index is 1.30. The molecule has 232 valence electrons. The highest BCUT2D eigenvalue weighted by Gasteiger charge is 2.28. The van der Waals surface area contributed by atoms with Gasteiger partial charge < -0.3 is 10.6 Å². The van der Waals surface area contributed by atoms with Gasteiger partial charge in [-0.25, -0.2) is 18.9 Å². The van der Waals surface area contributed by atoms with Crippen LogP contribution in [0.3, 0.4) is 0 Å². The Kier molecular flexibility index (Phi) is 8.24. The van der Waals surface area contributed by atoms with Gasteiger partial charge in [-0.15, -0.1) is 0 Å². The molecule has 0 amide bonds. The monoisotopic (exact) mass is 605 g/mol. The minimum Gasteiger partial charge on any atom is -0.382 e. The average Bonchev–Trinajstić information content (AvgIpc) is 3.43. The first-order valence-corrected chi connectivity index (χ1v) is 15.5. The van der Waals surface area contributed by atoms with Crippen LogP contribution in [0.5, 0.6) is 0 Å². The van der Waals surface area contributed by atoms with E-state index in [1.165, 1.54) is 17.1 Å². The molecule has 0 saturated heterocycles. The molecule has 0 bridgehead atoms. The SMILES string of the molecule is CC(C)n1cc(C(=O)Cc2ccc(-c3cc(C4CCC(N(C)C)CC4)n4ncnc(N)c34)cc2)c(=O)n(-c2ccccc2)c1=O. The maximum Gasteiger partial charge on any atom is 0.335 e. The number of benzene rings is 2. The van der Waals surface area contributed by atoms with E-state index in [1.807, 2.05) is 48.7 Å². The third kappa shape index (κ3) is 5.73. The van der Waals surface area contributed by atoms with Crippen molar-refractivity contribution in [3.05, 3.63) is 111 Å². The van der Waals surface area contributed by atoms with Gasteiger partial charge in [0.1, 0.15) is 17.4 Å². The van der Waals surface area contributed by atoms with Crippen molar-refractivity contribution >= 4 is 17.1 Å². The van der Waals surface area contributed by atoms with Crippen LogP contribution in [0.2, 0.25) is 0 Å². The molecule has 1 fully saturated rings. The molecule has 0 aliphatic heterocycles. The summed E-state index contributed by atoms with van der Waals surface area (Å²) in [5, 5.41) is 4.59. The van der Waals surface area contributed by atoms with Crippen LogP contribution in [0.1, 0.15) is 73.1 Å². The van der Waals surface area contributed by atoms with E-state index in [2.05, 4.69) is 35.1 Å². The number of nitrogen functional groups attached to an aromatic ring is 1. The van der Waals surface area contributed by atoms with Gasteiger partial charge in [0, 0.05) is 41.9 Å². The first-order chi connectivity index (χ1) is 21.6. The molecule has 5 aromatic rings. The third-order valence-electron chi connectivity index (χ3n) is 9.07. The molecule has 10 nitrogen and oxygen atoms in total. The predicted molar refractivity (Wildman–Crippen MR) is 176 cm³/mol. The second kappa shape index (κ2) is 12.3. The fourth-order valence-corrected chi connectivity index (χ4v) is 6.51. The van der Waals surface area contributed by atoms with E-state index < -0.39 is 11.2 Å². The zero-order valence-corrected chi connectivity index (χ0v) is 26.2. The number of aromatic nitrogens is 5. The van der Waals surface area contributed by atoms with Crippen LogP contribution >= 0.6 is 0 Å². The number of rotatable bonds is 8. The molecular formula is C35H39N7O3. The maximum atomic E-state index is 13.6. The van der Waals surface area contributed by atoms with Crippen LogP contribution in [-0.2, 0) is 6.42 Å². The van der Waals surface area contributed by atoms with Crippen molar-refractivity contribution in [2.75, 3.05) is 19.8 Å². The number of fused-ring (bicyclic) bond motifs is 1. The van der Waals surface area contributed by atoms with Gasteiger partial charge in [-0.1, -0.05) is 42.5 Å². The second-order valence-corrected chi connectivity index (χ2v) is 12.5. The average molecular weight is 606 g/mol. The summed E-state index contributed by atoms with van der Waals surface area (Å²) in [5.74, 6) is 0.444. The molecule has 1 saturated carbocycles. The quantitative estimate of drug-likeness (QED) is 0.250. The van der Waals surface area contributed by atoms with Gasteiger partial charge in [0.25, 0.3) is 5.56 Å². The molecule has 45 heavy (non-hydrogen) atoms. The van der Waals surface area contributed by atoms with Gasteiger partial charge in [-0.2, -0.15) is 5.10 Å². The topological polar surface area (TPSA) is 121 Å². The number of nitrogens with zero attached hydrogens (tertiary/aromatic N) is 6. The third-order valence-corrected chi connectivity index (χ3v) is 9.07. The molecule has 0 radical (unpaired) electrons. The number of anilines is 1. The Morgan fingerprint density at radius 2 is 1.69 bits per heavy atom. The van der Waals surface area contributed by atoms with Crippen molar-refractivity contribution < 1.29 is 4.79 Å². The van der Waals surface area contributed by atoms with Crippen LogP contribution in [-0.4, -0.2) is 54.6 Å². The van der Waals surface area contributed by atoms with Crippen LogP contribution in [0.4, 0.5) is 5.82 Å². The van der Waals surface area contributed by atoms with E-state index in [9.17, 15) is 14.4 Å². The van der Waals surface area contributed by atoms with Crippen molar-refractivity contribution in [2.24, 2.45) is 0 Å². The van der Waals surface area contributed by atoms with Crippen molar-refractivity contribution in [2.45, 2.75) is 64.0 Å². The maximum absolute atomic E-state index is 13.6. The normalized spacial score (nSPS) is 16.9. The molecule has 2 N–H and O–H groups in total. The fourth-order valence-electron chi connectivity index (χ4n) is 6.51. The highest BCUT2D eigenvalue weighted by Crippen LogP contribution is 2.39. The molecule has 10 heteroatoms. The summed E-state index contributed by atoms with van der Waals surface area (Å²) in [6.07, 6.45) is 7.34. The summed E-state index contributed by atoms with van der Waals surface area (Å²) in [7, 11) is 4.29. The van der Waals surface area contributed by atoms with Crippen molar-refractivity contribution in [1.29, 1.82) is 0 Å². The summed E-state index contributed by atoms with van der Waals surface area (Å²) >= 11 is 0. The number of Topliss-reactive ketones (excluding diaryl/α,β-unsaturated/α-hetero) is 1. The second-order valence-electron chi connectivity index (χ2n) is 12.5. The molecule has 6 rings (SSSR count). The molecule has 3 aromatic heterocycles. The van der Waals surface area contributed by atoms with Crippen molar-refractivity contribution in [3.63, 3.8) is 0 Å². The van der Waals surface area contributed by atoms with Gasteiger partial charge in [0.05, 0.1) is 5.69 Å². The number of carbonyl (C=O) groups excluding carboxylic acids is 1. The van der Waals surface area contributed by atoms with E-state index in [4.69, 9.17) is 5.73 Å². The highest BCUT2D eigenvalue weighted by molar-refractivity contribution is 5.97. The lowest BCUT2D eigenvalue weighted by molar-refractivity contribution is 0.0990. The van der Waals surface area contributed by atoms with Crippen LogP contribution in [0.25, 0.3) is 22.3 Å². The Labute approximate surface area is 261 Å². The number of nitrogens with two attached hydrogens (primary N) is 1. The molecule has 0 spiro atoms. The van der Waals surface area contributed by atoms with Crippen LogP contribution < -0.4 is 17.0 Å². The Hall–Kier alpha value is -4.83. The van der Waals surface area contributed by atoms with Crippen LogP contribution in [0.15, 0.2) is 82.8 Å². The van der Waals surface area contributed by atoms with Gasteiger partial charge in [0.15, 0.2) is 11.6 Å². The van der Waals surface area contributed by atoms with E-state index in [0.29, 0.717) is 23.5 Å². The van der Waals surface area contributed by atoms with Crippen LogP contribution in [0, 0.1) is 0 Å². The molecule has 2 aromatic carbocycles. The number of hydrogen-bond acceptors (Lipinski definition) is 7. The Bertz CT molecular complexity index is 1960. The molecule has 0 unspecified atom stereocenters. The van der Waals surface area contributed by atoms with Gasteiger partial charge in [-0.05, 0) is 83.0 Å². The number of hydrogen-bond donors (Lipinski definition) is 1. The molecule has 0 atom stereocenters. The van der Waals surface area contributed by atoms with Gasteiger partial charge >= 0.3 is 5.69 Å². The molecule has 1 aliphatic rings. The lowest BCUT2D eigenvalue weighted by atomic mass is 9.83. The number of ketones is 1. The van der Waals surface area contributed by atoms with E-state index >= 15 is 0 Å². The lowest BCUT2D eigenvalue weighted by Gasteiger charge is -2.32. The van der Waals surface area contributed by atoms with E-state index in [0.717, 1.165) is 58.2 Å². The summed E-state index contributed by atoms with van der Waals surface area (Å²) in [6.45, 7) is 3.69. The minimum atomic E-state index is -0.618.